The van der Waals surface area contributed by atoms with Gasteiger partial charge in [0.15, 0.2) is 5.92 Å². The first kappa shape index (κ1) is 21.6. The Morgan fingerprint density at radius 2 is 1.67 bits per heavy atom. The van der Waals surface area contributed by atoms with Crippen molar-refractivity contribution >= 4 is 35.7 Å². The molecular formula is C20H26N6O4. The van der Waals surface area contributed by atoms with Gasteiger partial charge in [-0.25, -0.2) is 4.79 Å². The highest BCUT2D eigenvalue weighted by molar-refractivity contribution is 6.23. The molecule has 2 saturated heterocycles. The monoisotopic (exact) mass is 414 g/mol. The van der Waals surface area contributed by atoms with E-state index >= 15 is 0 Å². The number of nitrogens with one attached hydrogen (secondary N) is 3. The summed E-state index contributed by atoms with van der Waals surface area (Å²) < 4.78 is 0. The van der Waals surface area contributed by atoms with Crippen molar-refractivity contribution in [2.45, 2.75) is 6.92 Å². The number of anilines is 1. The molecule has 0 atom stereocenters. The number of aliphatic imine (C=N–C) groups is 1. The van der Waals surface area contributed by atoms with E-state index in [9.17, 15) is 19.2 Å². The summed E-state index contributed by atoms with van der Waals surface area (Å²) in [4.78, 5) is 55.0. The molecule has 1 aromatic carbocycles. The van der Waals surface area contributed by atoms with Gasteiger partial charge in [0.25, 0.3) is 0 Å². The summed E-state index contributed by atoms with van der Waals surface area (Å²) in [6, 6.07) is 6.90. The summed E-state index contributed by atoms with van der Waals surface area (Å²) in [5.74, 6) is -2.43. The van der Waals surface area contributed by atoms with Crippen molar-refractivity contribution in [2.75, 3.05) is 51.1 Å². The lowest BCUT2D eigenvalue weighted by Gasteiger charge is -2.33. The van der Waals surface area contributed by atoms with E-state index in [1.165, 1.54) is 6.21 Å². The zero-order valence-corrected chi connectivity index (χ0v) is 16.9. The summed E-state index contributed by atoms with van der Waals surface area (Å²) in [5.41, 5.74) is 1.95. The second-order valence-corrected chi connectivity index (χ2v) is 7.37. The van der Waals surface area contributed by atoms with Crippen LogP contribution in [0.4, 0.5) is 10.5 Å². The zero-order chi connectivity index (χ0) is 21.5. The van der Waals surface area contributed by atoms with Gasteiger partial charge < -0.3 is 5.32 Å². The lowest BCUT2D eigenvalue weighted by Crippen LogP contribution is -2.56. The molecule has 30 heavy (non-hydrogen) atoms. The summed E-state index contributed by atoms with van der Waals surface area (Å²) in [5, 5.41) is 6.99. The van der Waals surface area contributed by atoms with E-state index in [0.29, 0.717) is 19.6 Å². The van der Waals surface area contributed by atoms with Gasteiger partial charge in [0.1, 0.15) is 0 Å². The van der Waals surface area contributed by atoms with Crippen LogP contribution in [0.25, 0.3) is 0 Å². The minimum atomic E-state index is -1.08. The molecule has 0 saturated carbocycles. The van der Waals surface area contributed by atoms with Crippen LogP contribution in [0.5, 0.6) is 0 Å². The standard InChI is InChI=1S/C20H26N6O4/c1-14-2-4-15(5-3-14)22-17(27)13-26-10-8-25(9-11-26)7-6-21-12-16-18(28)23-20(30)24-19(16)29/h2-5,12,16H,6-11,13H2,1H3,(H,22,27)(H2,23,24,28,29,30). The molecule has 3 N–H and O–H groups in total. The maximum absolute atomic E-state index is 12.2. The quantitative estimate of drug-likeness (QED) is 0.412. The predicted molar refractivity (Wildman–Crippen MR) is 111 cm³/mol. The molecule has 3 rings (SSSR count). The van der Waals surface area contributed by atoms with Crippen LogP contribution in [0, 0.1) is 12.8 Å². The predicted octanol–water partition coefficient (Wildman–Crippen LogP) is -0.396. The molecule has 10 nitrogen and oxygen atoms in total. The maximum atomic E-state index is 12.2. The number of benzene rings is 1. The first-order chi connectivity index (χ1) is 14.4. The van der Waals surface area contributed by atoms with Crippen molar-refractivity contribution in [1.29, 1.82) is 0 Å². The van der Waals surface area contributed by atoms with Crippen LogP contribution in [0.2, 0.25) is 0 Å². The Bertz CT molecular complexity index is 810. The smallest absolute Gasteiger partial charge is 0.325 e. The Balaban J connectivity index is 1.34. The van der Waals surface area contributed by atoms with E-state index in [0.717, 1.165) is 37.4 Å². The number of carbonyl (C=O) groups excluding carboxylic acids is 4. The van der Waals surface area contributed by atoms with Gasteiger partial charge in [-0.15, -0.1) is 0 Å². The Kier molecular flexibility index (Phi) is 7.26. The molecule has 0 aromatic heterocycles. The Labute approximate surface area is 174 Å². The molecule has 160 valence electrons. The number of carbonyl (C=O) groups is 4. The highest BCUT2D eigenvalue weighted by Gasteiger charge is 2.32. The van der Waals surface area contributed by atoms with Gasteiger partial charge in [0.05, 0.1) is 13.1 Å². The molecule has 2 aliphatic rings. The van der Waals surface area contributed by atoms with E-state index < -0.39 is 23.8 Å². The Morgan fingerprint density at radius 1 is 1.07 bits per heavy atom. The average Bonchev–Trinajstić information content (AvgIpc) is 2.69. The van der Waals surface area contributed by atoms with Crippen molar-refractivity contribution in [1.82, 2.24) is 20.4 Å². The highest BCUT2D eigenvalue weighted by Crippen LogP contribution is 2.09. The molecule has 2 heterocycles. The van der Waals surface area contributed by atoms with Crippen molar-refractivity contribution in [3.63, 3.8) is 0 Å². The van der Waals surface area contributed by atoms with Gasteiger partial charge in [0, 0.05) is 44.6 Å². The number of urea groups is 1. The maximum Gasteiger partial charge on any atom is 0.328 e. The molecule has 1 aromatic rings. The summed E-state index contributed by atoms with van der Waals surface area (Å²) in [6.45, 7) is 6.67. The fourth-order valence-corrected chi connectivity index (χ4v) is 3.26. The molecule has 5 amide bonds. The van der Waals surface area contributed by atoms with E-state index in [4.69, 9.17) is 0 Å². The number of rotatable bonds is 7. The van der Waals surface area contributed by atoms with Crippen LogP contribution in [-0.4, -0.2) is 85.6 Å². The van der Waals surface area contributed by atoms with Crippen molar-refractivity contribution in [3.05, 3.63) is 29.8 Å². The lowest BCUT2D eigenvalue weighted by atomic mass is 10.1. The zero-order valence-electron chi connectivity index (χ0n) is 16.9. The molecule has 0 unspecified atom stereocenters. The summed E-state index contributed by atoms with van der Waals surface area (Å²) >= 11 is 0. The number of amides is 5. The van der Waals surface area contributed by atoms with Gasteiger partial charge in [-0.3, -0.25) is 39.8 Å². The SMILES string of the molecule is Cc1ccc(NC(=O)CN2CCN(CCN=CC3C(=O)NC(=O)NC3=O)CC2)cc1. The van der Waals surface area contributed by atoms with Crippen LogP contribution in [0.1, 0.15) is 5.56 Å². The van der Waals surface area contributed by atoms with Crippen LogP contribution < -0.4 is 16.0 Å². The third kappa shape index (κ3) is 6.19. The molecule has 0 radical (unpaired) electrons. The fraction of sp³-hybridized carbons (Fsp3) is 0.450. The highest BCUT2D eigenvalue weighted by atomic mass is 16.2. The second kappa shape index (κ2) is 10.1. The second-order valence-electron chi connectivity index (χ2n) is 7.37. The van der Waals surface area contributed by atoms with E-state index in [1.807, 2.05) is 41.8 Å². The minimum absolute atomic E-state index is 0.0283. The van der Waals surface area contributed by atoms with E-state index in [-0.39, 0.29) is 5.91 Å². The van der Waals surface area contributed by atoms with Crippen molar-refractivity contribution < 1.29 is 19.2 Å². The largest absolute Gasteiger partial charge is 0.328 e. The van der Waals surface area contributed by atoms with Crippen LogP contribution >= 0.6 is 0 Å². The van der Waals surface area contributed by atoms with Crippen LogP contribution in [0.3, 0.4) is 0 Å². The minimum Gasteiger partial charge on any atom is -0.325 e. The third-order valence-corrected chi connectivity index (χ3v) is 5.01. The number of hydrogen-bond donors (Lipinski definition) is 3. The van der Waals surface area contributed by atoms with Gasteiger partial charge in [-0.05, 0) is 19.1 Å². The van der Waals surface area contributed by atoms with Crippen molar-refractivity contribution in [3.8, 4) is 0 Å². The molecule has 2 fully saturated rings. The molecule has 0 bridgehead atoms. The summed E-state index contributed by atoms with van der Waals surface area (Å²) in [7, 11) is 0. The number of barbiturate groups is 1. The van der Waals surface area contributed by atoms with Gasteiger partial charge >= 0.3 is 6.03 Å². The molecular weight excluding hydrogens is 388 g/mol. The summed E-state index contributed by atoms with van der Waals surface area (Å²) in [6.07, 6.45) is 1.28. The fourth-order valence-electron chi connectivity index (χ4n) is 3.26. The van der Waals surface area contributed by atoms with Gasteiger partial charge in [0.2, 0.25) is 17.7 Å². The Hall–Kier alpha value is -3.11. The first-order valence-corrected chi connectivity index (χ1v) is 9.87. The average molecular weight is 414 g/mol. The number of aryl methyl sites for hydroxylation is 1. The normalized spacial score (nSPS) is 19.0. The number of nitrogens with zero attached hydrogens (tertiary/aromatic N) is 3. The lowest BCUT2D eigenvalue weighted by molar-refractivity contribution is -0.132. The van der Waals surface area contributed by atoms with Crippen molar-refractivity contribution in [2.24, 2.45) is 10.9 Å². The van der Waals surface area contributed by atoms with Crippen LogP contribution in [0.15, 0.2) is 29.3 Å². The van der Waals surface area contributed by atoms with Crippen LogP contribution in [-0.2, 0) is 14.4 Å². The Morgan fingerprint density at radius 3 is 2.30 bits per heavy atom. The number of imide groups is 2. The van der Waals surface area contributed by atoms with Gasteiger partial charge in [-0.1, -0.05) is 17.7 Å². The molecule has 2 aliphatic heterocycles. The van der Waals surface area contributed by atoms with Gasteiger partial charge in [-0.2, -0.15) is 0 Å². The van der Waals surface area contributed by atoms with E-state index in [2.05, 4.69) is 20.1 Å². The first-order valence-electron chi connectivity index (χ1n) is 9.87. The molecule has 0 spiro atoms. The topological polar surface area (TPSA) is 123 Å². The number of hydrogen-bond acceptors (Lipinski definition) is 7. The third-order valence-electron chi connectivity index (χ3n) is 5.01. The molecule has 10 heteroatoms. The van der Waals surface area contributed by atoms with E-state index in [1.54, 1.807) is 0 Å². The number of piperazine rings is 1. The molecule has 0 aliphatic carbocycles.